The molecule has 1 fully saturated rings. The lowest BCUT2D eigenvalue weighted by Crippen LogP contribution is -2.44. The molecule has 0 radical (unpaired) electrons. The van der Waals surface area contributed by atoms with E-state index in [2.05, 4.69) is 31.8 Å². The molecule has 1 aromatic carbocycles. The predicted octanol–water partition coefficient (Wildman–Crippen LogP) is 2.05. The summed E-state index contributed by atoms with van der Waals surface area (Å²) >= 11 is 3.27. The van der Waals surface area contributed by atoms with Gasteiger partial charge in [0.25, 0.3) is 0 Å². The van der Waals surface area contributed by atoms with Crippen molar-refractivity contribution >= 4 is 34.0 Å². The summed E-state index contributed by atoms with van der Waals surface area (Å²) in [6, 6.07) is 4.91. The molecule has 6 nitrogen and oxygen atoms in total. The zero-order chi connectivity index (χ0) is 15.9. The number of carbonyl (C=O) groups is 2. The molecule has 7 heteroatoms. The van der Waals surface area contributed by atoms with Gasteiger partial charge in [-0.25, -0.2) is 5.43 Å². The quantitative estimate of drug-likeness (QED) is 0.433. The Bertz CT molecular complexity index is 583. The Labute approximate surface area is 137 Å². The first-order chi connectivity index (χ1) is 10.6. The smallest absolute Gasteiger partial charge is 0.329 e. The van der Waals surface area contributed by atoms with Gasteiger partial charge in [0.2, 0.25) is 0 Å². The fraction of sp³-hybridized carbons (Fsp3) is 0.400. The lowest BCUT2D eigenvalue weighted by Gasteiger charge is -2.22. The maximum Gasteiger partial charge on any atom is 0.329 e. The Balaban J connectivity index is 1.84. The number of halogens is 1. The standard InChI is InChI=1S/C15H18BrN3O3/c16-11-6-7-13(20)10(8-11)9-17-19-15(22)14(21)18-12-4-2-1-3-5-12/h6-9,12,20H,1-5H2,(H,18,21)(H,19,22)/b17-9-. The summed E-state index contributed by atoms with van der Waals surface area (Å²) in [4.78, 5) is 23.4. The Morgan fingerprint density at radius 3 is 2.68 bits per heavy atom. The third-order valence-electron chi connectivity index (χ3n) is 3.51. The molecule has 1 aliphatic carbocycles. The summed E-state index contributed by atoms with van der Waals surface area (Å²) in [5, 5.41) is 16.0. The van der Waals surface area contributed by atoms with Crippen LogP contribution in [0.3, 0.4) is 0 Å². The Hall–Kier alpha value is -1.89. The average molecular weight is 368 g/mol. The second-order valence-corrected chi connectivity index (χ2v) is 6.13. The van der Waals surface area contributed by atoms with Crippen LogP contribution in [-0.4, -0.2) is 29.2 Å². The van der Waals surface area contributed by atoms with Crippen LogP contribution < -0.4 is 10.7 Å². The van der Waals surface area contributed by atoms with Gasteiger partial charge in [0.1, 0.15) is 5.75 Å². The van der Waals surface area contributed by atoms with Crippen molar-refractivity contribution in [2.24, 2.45) is 5.10 Å². The average Bonchev–Trinajstić information content (AvgIpc) is 2.51. The second-order valence-electron chi connectivity index (χ2n) is 5.21. The number of phenols is 1. The number of phenolic OH excluding ortho intramolecular Hbond substituents is 1. The van der Waals surface area contributed by atoms with Crippen LogP contribution in [0.1, 0.15) is 37.7 Å². The van der Waals surface area contributed by atoms with E-state index in [-0.39, 0.29) is 11.8 Å². The molecule has 0 spiro atoms. The normalized spacial score (nSPS) is 15.7. The molecule has 3 N–H and O–H groups in total. The number of carbonyl (C=O) groups excluding carboxylic acids is 2. The molecule has 0 heterocycles. The minimum Gasteiger partial charge on any atom is -0.507 e. The first kappa shape index (κ1) is 16.5. The van der Waals surface area contributed by atoms with Crippen LogP contribution in [-0.2, 0) is 9.59 Å². The van der Waals surface area contributed by atoms with E-state index in [0.717, 1.165) is 30.2 Å². The van der Waals surface area contributed by atoms with Gasteiger partial charge in [0.15, 0.2) is 0 Å². The molecule has 0 unspecified atom stereocenters. The van der Waals surface area contributed by atoms with Gasteiger partial charge >= 0.3 is 11.8 Å². The van der Waals surface area contributed by atoms with Crippen molar-refractivity contribution < 1.29 is 14.7 Å². The van der Waals surface area contributed by atoms with Crippen molar-refractivity contribution in [3.8, 4) is 5.75 Å². The van der Waals surface area contributed by atoms with Crippen molar-refractivity contribution in [1.29, 1.82) is 0 Å². The summed E-state index contributed by atoms with van der Waals surface area (Å²) in [6.45, 7) is 0. The van der Waals surface area contributed by atoms with E-state index in [1.165, 1.54) is 18.7 Å². The summed E-state index contributed by atoms with van der Waals surface area (Å²) in [7, 11) is 0. The van der Waals surface area contributed by atoms with Crippen LogP contribution in [0.4, 0.5) is 0 Å². The number of nitrogens with one attached hydrogen (secondary N) is 2. The first-order valence-electron chi connectivity index (χ1n) is 7.18. The predicted molar refractivity (Wildman–Crippen MR) is 86.6 cm³/mol. The van der Waals surface area contributed by atoms with Crippen LogP contribution in [0.15, 0.2) is 27.8 Å². The first-order valence-corrected chi connectivity index (χ1v) is 7.98. The SMILES string of the molecule is O=C(N/N=C\c1cc(Br)ccc1O)C(=O)NC1CCCCC1. The zero-order valence-corrected chi connectivity index (χ0v) is 13.6. The Kier molecular flexibility index (Phi) is 5.94. The number of nitrogens with zero attached hydrogens (tertiary/aromatic N) is 1. The van der Waals surface area contributed by atoms with Crippen LogP contribution in [0.2, 0.25) is 0 Å². The molecule has 0 saturated heterocycles. The number of benzene rings is 1. The molecule has 1 aliphatic rings. The number of hydrogen-bond acceptors (Lipinski definition) is 4. The highest BCUT2D eigenvalue weighted by atomic mass is 79.9. The highest BCUT2D eigenvalue weighted by Gasteiger charge is 2.19. The van der Waals surface area contributed by atoms with E-state index in [0.29, 0.717) is 5.56 Å². The van der Waals surface area contributed by atoms with Gasteiger partial charge in [-0.15, -0.1) is 0 Å². The summed E-state index contributed by atoms with van der Waals surface area (Å²) in [5.74, 6) is -1.45. The molecule has 2 amide bonds. The maximum absolute atomic E-state index is 11.7. The van der Waals surface area contributed by atoms with Gasteiger partial charge in [-0.05, 0) is 31.0 Å². The van der Waals surface area contributed by atoms with Crippen LogP contribution >= 0.6 is 15.9 Å². The van der Waals surface area contributed by atoms with Gasteiger partial charge < -0.3 is 10.4 Å². The molecular formula is C15H18BrN3O3. The van der Waals surface area contributed by atoms with E-state index >= 15 is 0 Å². The van der Waals surface area contributed by atoms with Crippen LogP contribution in [0, 0.1) is 0 Å². The lowest BCUT2D eigenvalue weighted by molar-refractivity contribution is -0.139. The number of rotatable bonds is 3. The molecule has 0 aliphatic heterocycles. The number of amides is 2. The molecule has 1 aromatic rings. The largest absolute Gasteiger partial charge is 0.507 e. The summed E-state index contributed by atoms with van der Waals surface area (Å²) in [6.07, 6.45) is 6.44. The van der Waals surface area contributed by atoms with Crippen molar-refractivity contribution in [2.45, 2.75) is 38.1 Å². The van der Waals surface area contributed by atoms with Gasteiger partial charge in [-0.1, -0.05) is 35.2 Å². The minimum atomic E-state index is -0.809. The number of hydrazone groups is 1. The third kappa shape index (κ3) is 4.84. The second kappa shape index (κ2) is 7.93. The maximum atomic E-state index is 11.7. The summed E-state index contributed by atoms with van der Waals surface area (Å²) < 4.78 is 0.771. The van der Waals surface area contributed by atoms with Gasteiger partial charge in [0.05, 0.1) is 6.21 Å². The fourth-order valence-electron chi connectivity index (χ4n) is 2.34. The Morgan fingerprint density at radius 2 is 1.95 bits per heavy atom. The highest BCUT2D eigenvalue weighted by molar-refractivity contribution is 9.10. The van der Waals surface area contributed by atoms with Gasteiger partial charge in [-0.2, -0.15) is 5.10 Å². The topological polar surface area (TPSA) is 90.8 Å². The monoisotopic (exact) mass is 367 g/mol. The zero-order valence-electron chi connectivity index (χ0n) is 12.0. The lowest BCUT2D eigenvalue weighted by atomic mass is 9.95. The molecule has 0 atom stereocenters. The van der Waals surface area contributed by atoms with E-state index in [1.54, 1.807) is 12.1 Å². The summed E-state index contributed by atoms with van der Waals surface area (Å²) in [5.41, 5.74) is 2.59. The number of aromatic hydroxyl groups is 1. The van der Waals surface area contributed by atoms with Crippen molar-refractivity contribution in [3.63, 3.8) is 0 Å². The van der Waals surface area contributed by atoms with Gasteiger partial charge in [-0.3, -0.25) is 9.59 Å². The van der Waals surface area contributed by atoms with Crippen molar-refractivity contribution in [1.82, 2.24) is 10.7 Å². The molecular weight excluding hydrogens is 350 g/mol. The molecule has 0 aromatic heterocycles. The van der Waals surface area contributed by atoms with Crippen molar-refractivity contribution in [3.05, 3.63) is 28.2 Å². The van der Waals surface area contributed by atoms with Crippen LogP contribution in [0.25, 0.3) is 0 Å². The number of hydrogen-bond donors (Lipinski definition) is 3. The third-order valence-corrected chi connectivity index (χ3v) is 4.00. The van der Waals surface area contributed by atoms with E-state index in [9.17, 15) is 14.7 Å². The van der Waals surface area contributed by atoms with Gasteiger partial charge in [0, 0.05) is 16.1 Å². The van der Waals surface area contributed by atoms with E-state index in [1.807, 2.05) is 0 Å². The molecule has 0 bridgehead atoms. The van der Waals surface area contributed by atoms with E-state index in [4.69, 9.17) is 0 Å². The van der Waals surface area contributed by atoms with E-state index < -0.39 is 11.8 Å². The Morgan fingerprint density at radius 1 is 1.23 bits per heavy atom. The fourth-order valence-corrected chi connectivity index (χ4v) is 2.72. The molecule has 118 valence electrons. The highest BCUT2D eigenvalue weighted by Crippen LogP contribution is 2.20. The van der Waals surface area contributed by atoms with Crippen LogP contribution in [0.5, 0.6) is 5.75 Å². The molecule has 1 saturated carbocycles. The minimum absolute atomic E-state index is 0.0351. The molecule has 2 rings (SSSR count). The van der Waals surface area contributed by atoms with Crippen molar-refractivity contribution in [2.75, 3.05) is 0 Å². The molecule has 22 heavy (non-hydrogen) atoms.